The van der Waals surface area contributed by atoms with Crippen LogP contribution in [-0.4, -0.2) is 17.4 Å². The van der Waals surface area contributed by atoms with Gasteiger partial charge in [-0.1, -0.05) is 44.2 Å². The normalized spacial score (nSPS) is 14.0. The molecule has 0 bridgehead atoms. The van der Waals surface area contributed by atoms with Crippen molar-refractivity contribution in [3.8, 4) is 0 Å². The zero-order chi connectivity index (χ0) is 13.8. The molecule has 1 aromatic rings. The second kappa shape index (κ2) is 5.67. The molecule has 1 aromatic carbocycles. The fourth-order valence-electron chi connectivity index (χ4n) is 1.61. The van der Waals surface area contributed by atoms with E-state index in [4.69, 9.17) is 5.73 Å². The highest BCUT2D eigenvalue weighted by Crippen LogP contribution is 2.16. The maximum absolute atomic E-state index is 11.9. The van der Waals surface area contributed by atoms with Gasteiger partial charge in [0, 0.05) is 0 Å². The lowest BCUT2D eigenvalue weighted by molar-refractivity contribution is -0.132. The third kappa shape index (κ3) is 3.32. The van der Waals surface area contributed by atoms with E-state index in [9.17, 15) is 9.59 Å². The van der Waals surface area contributed by atoms with Gasteiger partial charge in [-0.15, -0.1) is 0 Å². The van der Waals surface area contributed by atoms with Crippen molar-refractivity contribution in [2.75, 3.05) is 0 Å². The molecule has 3 N–H and O–H groups in total. The summed E-state index contributed by atoms with van der Waals surface area (Å²) in [5.74, 6) is -0.773. The maximum Gasteiger partial charge on any atom is 0.243 e. The summed E-state index contributed by atoms with van der Waals surface area (Å²) in [5.41, 5.74) is 5.26. The van der Waals surface area contributed by atoms with E-state index in [-0.39, 0.29) is 18.2 Å². The number of nitrogens with one attached hydrogen (secondary N) is 1. The van der Waals surface area contributed by atoms with Crippen LogP contribution in [0.1, 0.15) is 26.3 Å². The average molecular weight is 248 g/mol. The van der Waals surface area contributed by atoms with Crippen molar-refractivity contribution in [3.63, 3.8) is 0 Å². The van der Waals surface area contributed by atoms with Gasteiger partial charge < -0.3 is 11.1 Å². The topological polar surface area (TPSA) is 72.2 Å². The second-order valence-electron chi connectivity index (χ2n) is 4.93. The molecule has 4 heteroatoms. The molecular formula is C14H20N2O2. The molecule has 0 unspecified atom stereocenters. The quantitative estimate of drug-likeness (QED) is 0.823. The van der Waals surface area contributed by atoms with E-state index in [0.717, 1.165) is 5.56 Å². The highest BCUT2D eigenvalue weighted by molar-refractivity contribution is 5.90. The number of hydrogen-bond donors (Lipinski definition) is 2. The van der Waals surface area contributed by atoms with Gasteiger partial charge in [-0.2, -0.15) is 0 Å². The van der Waals surface area contributed by atoms with Crippen LogP contribution in [0.15, 0.2) is 30.3 Å². The second-order valence-corrected chi connectivity index (χ2v) is 4.93. The molecule has 1 rings (SSSR count). The van der Waals surface area contributed by atoms with Crippen LogP contribution < -0.4 is 11.1 Å². The van der Waals surface area contributed by atoms with Gasteiger partial charge in [0.05, 0.1) is 6.42 Å². The molecular weight excluding hydrogens is 228 g/mol. The van der Waals surface area contributed by atoms with E-state index in [1.165, 1.54) is 0 Å². The van der Waals surface area contributed by atoms with Crippen molar-refractivity contribution in [3.05, 3.63) is 35.9 Å². The number of nitrogens with two attached hydrogens (primary N) is 1. The van der Waals surface area contributed by atoms with E-state index < -0.39 is 11.4 Å². The van der Waals surface area contributed by atoms with Gasteiger partial charge in [0.2, 0.25) is 11.8 Å². The molecule has 0 heterocycles. The first-order valence-corrected chi connectivity index (χ1v) is 6.01. The van der Waals surface area contributed by atoms with Crippen molar-refractivity contribution >= 4 is 11.8 Å². The monoisotopic (exact) mass is 248 g/mol. The number of amides is 2. The van der Waals surface area contributed by atoms with E-state index in [1.807, 2.05) is 44.2 Å². The maximum atomic E-state index is 11.9. The largest absolute Gasteiger partial charge is 0.368 e. The molecule has 1 atom stereocenters. The number of hydrogen-bond acceptors (Lipinski definition) is 2. The fourth-order valence-corrected chi connectivity index (χ4v) is 1.61. The van der Waals surface area contributed by atoms with Gasteiger partial charge >= 0.3 is 0 Å². The summed E-state index contributed by atoms with van der Waals surface area (Å²) in [7, 11) is 0. The molecule has 4 nitrogen and oxygen atoms in total. The van der Waals surface area contributed by atoms with Crippen LogP contribution in [0.3, 0.4) is 0 Å². The Morgan fingerprint density at radius 2 is 1.83 bits per heavy atom. The minimum atomic E-state index is -1.01. The smallest absolute Gasteiger partial charge is 0.243 e. The Balaban J connectivity index is 2.72. The zero-order valence-corrected chi connectivity index (χ0v) is 11.1. The lowest BCUT2D eigenvalue weighted by atomic mass is 9.87. The number of rotatable bonds is 5. The van der Waals surface area contributed by atoms with Crippen LogP contribution in [0.2, 0.25) is 0 Å². The number of primary amides is 1. The van der Waals surface area contributed by atoms with Gasteiger partial charge in [-0.3, -0.25) is 9.59 Å². The van der Waals surface area contributed by atoms with Crippen molar-refractivity contribution in [2.24, 2.45) is 11.7 Å². The molecule has 0 aromatic heterocycles. The Morgan fingerprint density at radius 1 is 1.28 bits per heavy atom. The van der Waals surface area contributed by atoms with Crippen LogP contribution in [0.25, 0.3) is 0 Å². The molecule has 0 radical (unpaired) electrons. The predicted molar refractivity (Wildman–Crippen MR) is 70.7 cm³/mol. The van der Waals surface area contributed by atoms with Gasteiger partial charge in [0.1, 0.15) is 5.54 Å². The highest BCUT2D eigenvalue weighted by atomic mass is 16.2. The first-order valence-electron chi connectivity index (χ1n) is 6.01. The molecule has 0 aliphatic rings. The molecule has 0 spiro atoms. The Bertz CT molecular complexity index is 429. The van der Waals surface area contributed by atoms with Crippen molar-refractivity contribution in [2.45, 2.75) is 32.7 Å². The van der Waals surface area contributed by atoms with Crippen molar-refractivity contribution in [1.82, 2.24) is 5.32 Å². The average Bonchev–Trinajstić information content (AvgIpc) is 2.29. The Hall–Kier alpha value is -1.84. The van der Waals surface area contributed by atoms with Crippen LogP contribution in [0.5, 0.6) is 0 Å². The highest BCUT2D eigenvalue weighted by Gasteiger charge is 2.36. The standard InChI is InChI=1S/C14H20N2O2/c1-10(2)14(3,13(15)18)16-12(17)9-11-7-5-4-6-8-11/h4-8,10H,9H2,1-3H3,(H2,15,18)(H,16,17)/t14-/m0/s1. The van der Waals surface area contributed by atoms with Crippen molar-refractivity contribution in [1.29, 1.82) is 0 Å². The van der Waals surface area contributed by atoms with Gasteiger partial charge in [-0.05, 0) is 18.4 Å². The van der Waals surface area contributed by atoms with Gasteiger partial charge in [0.25, 0.3) is 0 Å². The number of benzene rings is 1. The van der Waals surface area contributed by atoms with E-state index in [2.05, 4.69) is 5.32 Å². The lowest BCUT2D eigenvalue weighted by Gasteiger charge is -2.31. The van der Waals surface area contributed by atoms with E-state index in [1.54, 1.807) is 6.92 Å². The van der Waals surface area contributed by atoms with Crippen LogP contribution in [0, 0.1) is 5.92 Å². The molecule has 2 amide bonds. The summed E-state index contributed by atoms with van der Waals surface area (Å²) in [6, 6.07) is 9.38. The van der Waals surface area contributed by atoms with Gasteiger partial charge in [-0.25, -0.2) is 0 Å². The zero-order valence-electron chi connectivity index (χ0n) is 11.1. The molecule has 18 heavy (non-hydrogen) atoms. The summed E-state index contributed by atoms with van der Waals surface area (Å²) in [6.45, 7) is 5.37. The molecule has 0 saturated carbocycles. The van der Waals surface area contributed by atoms with Crippen molar-refractivity contribution < 1.29 is 9.59 Å². The van der Waals surface area contributed by atoms with E-state index >= 15 is 0 Å². The number of carbonyl (C=O) groups is 2. The number of carbonyl (C=O) groups excluding carboxylic acids is 2. The Kier molecular flexibility index (Phi) is 4.48. The molecule has 0 saturated heterocycles. The summed E-state index contributed by atoms with van der Waals surface area (Å²) in [5, 5.41) is 2.73. The summed E-state index contributed by atoms with van der Waals surface area (Å²) in [6.07, 6.45) is 0.246. The third-order valence-corrected chi connectivity index (χ3v) is 3.27. The van der Waals surface area contributed by atoms with Gasteiger partial charge in [0.15, 0.2) is 0 Å². The van der Waals surface area contributed by atoms with Crippen LogP contribution in [0.4, 0.5) is 0 Å². The summed E-state index contributed by atoms with van der Waals surface area (Å²) >= 11 is 0. The van der Waals surface area contributed by atoms with Crippen LogP contribution >= 0.6 is 0 Å². The molecule has 0 aliphatic heterocycles. The fraction of sp³-hybridized carbons (Fsp3) is 0.429. The molecule has 0 aliphatic carbocycles. The molecule has 0 fully saturated rings. The minimum absolute atomic E-state index is 0.0604. The summed E-state index contributed by atoms with van der Waals surface area (Å²) < 4.78 is 0. The Labute approximate surface area is 108 Å². The Morgan fingerprint density at radius 3 is 2.28 bits per heavy atom. The van der Waals surface area contributed by atoms with E-state index in [0.29, 0.717) is 0 Å². The predicted octanol–water partition coefficient (Wildman–Crippen LogP) is 1.25. The SMILES string of the molecule is CC(C)[C@](C)(NC(=O)Cc1ccccc1)C(N)=O. The van der Waals surface area contributed by atoms with Crippen LogP contribution in [-0.2, 0) is 16.0 Å². The molecule has 98 valence electrons. The third-order valence-electron chi connectivity index (χ3n) is 3.27. The first kappa shape index (κ1) is 14.2. The first-order chi connectivity index (χ1) is 8.36. The summed E-state index contributed by atoms with van der Waals surface area (Å²) in [4.78, 5) is 23.4. The lowest BCUT2D eigenvalue weighted by Crippen LogP contribution is -2.59. The minimum Gasteiger partial charge on any atom is -0.368 e.